The lowest BCUT2D eigenvalue weighted by Crippen LogP contribution is -2.53. The van der Waals surface area contributed by atoms with E-state index in [1.54, 1.807) is 19.2 Å². The monoisotopic (exact) mass is 623 g/mol. The summed E-state index contributed by atoms with van der Waals surface area (Å²) >= 11 is 0.967. The number of fused-ring (bicyclic) bond motifs is 1. The molecule has 1 aliphatic rings. The first-order chi connectivity index (χ1) is 20.3. The van der Waals surface area contributed by atoms with Gasteiger partial charge in [0.05, 0.1) is 52.1 Å². The summed E-state index contributed by atoms with van der Waals surface area (Å²) in [6.07, 6.45) is -5.66. The molecule has 1 aliphatic heterocycles. The molecular weight excluding hydrogens is 596 g/mol. The number of benzene rings is 2. The van der Waals surface area contributed by atoms with E-state index in [1.807, 2.05) is 0 Å². The fraction of sp³-hybridized carbons (Fsp3) is 0.379. The van der Waals surface area contributed by atoms with E-state index in [-0.39, 0.29) is 52.4 Å². The van der Waals surface area contributed by atoms with E-state index in [0.717, 1.165) is 23.5 Å². The molecule has 4 rings (SSSR count). The molecule has 1 fully saturated rings. The van der Waals surface area contributed by atoms with Crippen molar-refractivity contribution < 1.29 is 35.9 Å². The molecule has 2 heterocycles. The summed E-state index contributed by atoms with van der Waals surface area (Å²) < 4.78 is 90.4. The van der Waals surface area contributed by atoms with Crippen molar-refractivity contribution in [3.63, 3.8) is 0 Å². The fourth-order valence-corrected chi connectivity index (χ4v) is 5.90. The van der Waals surface area contributed by atoms with Crippen molar-refractivity contribution in [2.75, 3.05) is 51.0 Å². The van der Waals surface area contributed by atoms with E-state index >= 15 is 0 Å². The van der Waals surface area contributed by atoms with Gasteiger partial charge in [0.1, 0.15) is 17.6 Å². The first kappa shape index (κ1) is 31.8. The summed E-state index contributed by atoms with van der Waals surface area (Å²) in [5, 5.41) is 17.1. The second-order valence-corrected chi connectivity index (χ2v) is 10.9. The molecule has 0 aliphatic carbocycles. The van der Waals surface area contributed by atoms with Crippen LogP contribution in [0.4, 0.5) is 37.7 Å². The number of hydrogen-bond acceptors (Lipinski definition) is 7. The smallest absolute Gasteiger partial charge is 0.393 e. The van der Waals surface area contributed by atoms with Gasteiger partial charge in [-0.05, 0) is 36.6 Å². The molecule has 3 aromatic rings. The minimum absolute atomic E-state index is 0.00407. The summed E-state index contributed by atoms with van der Waals surface area (Å²) in [7, 11) is 2.92. The van der Waals surface area contributed by atoms with Crippen LogP contribution in [-0.2, 0) is 6.42 Å². The highest BCUT2D eigenvalue weighted by molar-refractivity contribution is 7.20. The van der Waals surface area contributed by atoms with Crippen LogP contribution in [0.15, 0.2) is 30.3 Å². The van der Waals surface area contributed by atoms with E-state index in [1.165, 1.54) is 24.1 Å². The number of likely N-dealkylation sites (tertiary alicyclic amines) is 1. The Balaban J connectivity index is 1.64. The number of nitrogens with one attached hydrogen (secondary N) is 3. The Morgan fingerprint density at radius 1 is 1.26 bits per heavy atom. The van der Waals surface area contributed by atoms with E-state index in [9.17, 15) is 31.1 Å². The molecule has 1 amide bonds. The van der Waals surface area contributed by atoms with Gasteiger partial charge in [-0.25, -0.2) is 13.2 Å². The SMILES string of the molecule is CNC(=O)c1cc(OCC#N)c(NCC#Cc2sc3c(NC4CCN(C)CC4(F)F)cccc3c2CC(F)(F)F)cc1F. The Hall–Kier alpha value is -4.14. The number of nitriles is 1. The predicted octanol–water partition coefficient (Wildman–Crippen LogP) is 5.62. The van der Waals surface area contributed by atoms with E-state index in [0.29, 0.717) is 16.9 Å². The number of carbonyl (C=O) groups is 1. The van der Waals surface area contributed by atoms with Crippen LogP contribution in [0.1, 0.15) is 27.2 Å². The number of thiophene rings is 1. The molecule has 3 N–H and O–H groups in total. The number of hydrogen-bond donors (Lipinski definition) is 3. The number of rotatable bonds is 8. The minimum Gasteiger partial charge on any atom is -0.477 e. The van der Waals surface area contributed by atoms with Crippen molar-refractivity contribution in [1.29, 1.82) is 5.26 Å². The standard InChI is InChI=1S/C29H27F6N5O2S/c1-37-27(41)18-13-23(42-12-9-36)22(14-20(18)30)38-10-4-7-24-19(15-29(33,34)35)17-5-3-6-21(26(17)43-24)39-25-8-11-40(2)16-28(25,31)32/h3,5-6,13-14,25,38-39H,8,10-12,15-16H2,1-2H3,(H,37,41). The van der Waals surface area contributed by atoms with Gasteiger partial charge < -0.3 is 25.6 Å². The lowest BCUT2D eigenvalue weighted by molar-refractivity contribution is -0.126. The molecular formula is C29H27F6N5O2S. The van der Waals surface area contributed by atoms with E-state index in [4.69, 9.17) is 10.00 Å². The summed E-state index contributed by atoms with van der Waals surface area (Å²) in [6.45, 7) is -0.538. The van der Waals surface area contributed by atoms with Gasteiger partial charge in [0.15, 0.2) is 6.61 Å². The summed E-state index contributed by atoms with van der Waals surface area (Å²) in [4.78, 5) is 13.6. The molecule has 14 heteroatoms. The molecule has 43 heavy (non-hydrogen) atoms. The molecule has 7 nitrogen and oxygen atoms in total. The number of piperidine rings is 1. The van der Waals surface area contributed by atoms with Crippen molar-refractivity contribution in [3.05, 3.63) is 52.2 Å². The predicted molar refractivity (Wildman–Crippen MR) is 152 cm³/mol. The third-order valence-corrected chi connectivity index (χ3v) is 7.91. The van der Waals surface area contributed by atoms with Gasteiger partial charge in [0, 0.05) is 19.7 Å². The van der Waals surface area contributed by atoms with Crippen molar-refractivity contribution in [2.24, 2.45) is 0 Å². The molecule has 0 bridgehead atoms. The molecule has 1 atom stereocenters. The molecule has 1 saturated heterocycles. The van der Waals surface area contributed by atoms with Gasteiger partial charge in [-0.15, -0.1) is 11.3 Å². The van der Waals surface area contributed by atoms with Crippen molar-refractivity contribution in [1.82, 2.24) is 10.2 Å². The van der Waals surface area contributed by atoms with E-state index in [2.05, 4.69) is 27.8 Å². The third kappa shape index (κ3) is 7.63. The number of halogens is 6. The first-order valence-electron chi connectivity index (χ1n) is 13.0. The molecule has 2 aromatic carbocycles. The Bertz CT molecular complexity index is 1610. The Morgan fingerprint density at radius 3 is 2.70 bits per heavy atom. The molecule has 1 unspecified atom stereocenters. The first-order valence-corrected chi connectivity index (χ1v) is 13.9. The quantitative estimate of drug-likeness (QED) is 0.223. The second kappa shape index (κ2) is 13.0. The molecule has 0 radical (unpaired) electrons. The topological polar surface area (TPSA) is 89.4 Å². The van der Waals surface area contributed by atoms with Crippen molar-refractivity contribution in [2.45, 2.75) is 31.0 Å². The lowest BCUT2D eigenvalue weighted by atomic mass is 10.0. The maximum absolute atomic E-state index is 14.7. The van der Waals surface area contributed by atoms with Gasteiger partial charge in [-0.3, -0.25) is 4.79 Å². The van der Waals surface area contributed by atoms with Gasteiger partial charge >= 0.3 is 6.18 Å². The second-order valence-electron chi connectivity index (χ2n) is 9.88. The third-order valence-electron chi connectivity index (χ3n) is 6.72. The summed E-state index contributed by atoms with van der Waals surface area (Å²) in [5.74, 6) is 0.847. The number of alkyl halides is 5. The maximum Gasteiger partial charge on any atom is 0.393 e. The van der Waals surface area contributed by atoms with Crippen LogP contribution in [0, 0.1) is 29.0 Å². The zero-order valence-electron chi connectivity index (χ0n) is 23.1. The lowest BCUT2D eigenvalue weighted by Gasteiger charge is -2.37. The van der Waals surface area contributed by atoms with Crippen molar-refractivity contribution >= 4 is 38.7 Å². The summed E-state index contributed by atoms with van der Waals surface area (Å²) in [6, 6.07) is 7.28. The van der Waals surface area contributed by atoms with Gasteiger partial charge in [-0.1, -0.05) is 24.0 Å². The van der Waals surface area contributed by atoms with Crippen LogP contribution in [0.2, 0.25) is 0 Å². The molecule has 0 spiro atoms. The van der Waals surface area contributed by atoms with Crippen LogP contribution in [-0.4, -0.2) is 69.3 Å². The van der Waals surface area contributed by atoms with Crippen LogP contribution in [0.25, 0.3) is 10.1 Å². The van der Waals surface area contributed by atoms with E-state index < -0.39 is 42.8 Å². The maximum atomic E-state index is 14.7. The number of ether oxygens (including phenoxy) is 1. The van der Waals surface area contributed by atoms with Crippen LogP contribution >= 0.6 is 11.3 Å². The Labute approximate surface area is 247 Å². The van der Waals surface area contributed by atoms with Gasteiger partial charge in [0.2, 0.25) is 0 Å². The summed E-state index contributed by atoms with van der Waals surface area (Å²) in [5.41, 5.74) is -0.00115. The molecule has 0 saturated carbocycles. The zero-order valence-corrected chi connectivity index (χ0v) is 23.9. The normalized spacial score (nSPS) is 16.6. The largest absolute Gasteiger partial charge is 0.477 e. The van der Waals surface area contributed by atoms with Crippen LogP contribution < -0.4 is 20.7 Å². The Kier molecular flexibility index (Phi) is 9.62. The highest BCUT2D eigenvalue weighted by atomic mass is 32.1. The average Bonchev–Trinajstić information content (AvgIpc) is 3.27. The molecule has 228 valence electrons. The zero-order chi connectivity index (χ0) is 31.4. The number of carbonyl (C=O) groups excluding carboxylic acids is 1. The minimum atomic E-state index is -4.55. The molecule has 1 aromatic heterocycles. The van der Waals surface area contributed by atoms with Crippen LogP contribution in [0.3, 0.4) is 0 Å². The number of anilines is 2. The highest BCUT2D eigenvalue weighted by Crippen LogP contribution is 2.40. The van der Waals surface area contributed by atoms with Crippen LogP contribution in [0.5, 0.6) is 5.75 Å². The average molecular weight is 624 g/mol. The van der Waals surface area contributed by atoms with Gasteiger partial charge in [-0.2, -0.15) is 18.4 Å². The number of nitrogens with zero attached hydrogens (tertiary/aromatic N) is 2. The number of amides is 1. The van der Waals surface area contributed by atoms with Gasteiger partial charge in [0.25, 0.3) is 11.8 Å². The fourth-order valence-electron chi connectivity index (χ4n) is 4.73. The van der Waals surface area contributed by atoms with Crippen molar-refractivity contribution in [3.8, 4) is 23.7 Å². The highest BCUT2D eigenvalue weighted by Gasteiger charge is 2.44. The Morgan fingerprint density at radius 2 is 2.02 bits per heavy atom.